The van der Waals surface area contributed by atoms with Gasteiger partial charge in [-0.25, -0.2) is 4.79 Å². The molecular formula is C32H32N2O5. The summed E-state index contributed by atoms with van der Waals surface area (Å²) in [4.78, 5) is 26.6. The van der Waals surface area contributed by atoms with Gasteiger partial charge in [0.1, 0.15) is 11.3 Å². The van der Waals surface area contributed by atoms with E-state index < -0.39 is 11.1 Å². The summed E-state index contributed by atoms with van der Waals surface area (Å²) in [7, 11) is 0. The van der Waals surface area contributed by atoms with Crippen molar-refractivity contribution in [2.75, 3.05) is 4.90 Å². The van der Waals surface area contributed by atoms with Crippen molar-refractivity contribution in [3.05, 3.63) is 109 Å². The summed E-state index contributed by atoms with van der Waals surface area (Å²) in [6.45, 7) is 13.3. The number of rotatable bonds is 3. The Hall–Kier alpha value is -4.13. The Kier molecular flexibility index (Phi) is 5.28. The SMILES string of the molecule is Cc1ccc2cc(CC34Oc5ccc([N+](=O)[O-])cc5CN3c3ccc(C(C)(C)C)cc3C4(C)C)c(=O)oc2c1. The van der Waals surface area contributed by atoms with Crippen LogP contribution in [0.15, 0.2) is 69.9 Å². The van der Waals surface area contributed by atoms with Crippen LogP contribution in [-0.4, -0.2) is 10.6 Å². The average molecular weight is 525 g/mol. The van der Waals surface area contributed by atoms with Crippen LogP contribution < -0.4 is 15.3 Å². The Morgan fingerprint density at radius 3 is 2.51 bits per heavy atom. The van der Waals surface area contributed by atoms with Crippen LogP contribution in [-0.2, 0) is 23.8 Å². The summed E-state index contributed by atoms with van der Waals surface area (Å²) < 4.78 is 12.7. The number of fused-ring (bicyclic) bond motifs is 5. The van der Waals surface area contributed by atoms with Gasteiger partial charge in [-0.3, -0.25) is 10.1 Å². The molecule has 0 N–H and O–H groups in total. The normalized spacial score (nSPS) is 19.3. The molecule has 0 radical (unpaired) electrons. The highest BCUT2D eigenvalue weighted by atomic mass is 16.6. The highest BCUT2D eigenvalue weighted by molar-refractivity contribution is 5.78. The molecule has 0 amide bonds. The van der Waals surface area contributed by atoms with Crippen LogP contribution in [0.3, 0.4) is 0 Å². The van der Waals surface area contributed by atoms with Crippen molar-refractivity contribution in [2.45, 2.75) is 71.1 Å². The molecule has 200 valence electrons. The standard InChI is InChI=1S/C32H32N2O5/c1-19-7-8-20-14-21(29(35)38-28(20)13-19)17-32-31(5,6)25-16-23(30(2,3)4)9-11-26(25)33(32)18-22-15-24(34(36)37)10-12-27(22)39-32/h7-16H,17-18H2,1-6H3. The lowest BCUT2D eigenvalue weighted by atomic mass is 9.73. The Bertz CT molecular complexity index is 1730. The number of anilines is 1. The second-order valence-electron chi connectivity index (χ2n) is 12.4. The monoisotopic (exact) mass is 524 g/mol. The van der Waals surface area contributed by atoms with E-state index in [1.807, 2.05) is 31.2 Å². The molecule has 0 saturated heterocycles. The first-order valence-electron chi connectivity index (χ1n) is 13.2. The summed E-state index contributed by atoms with van der Waals surface area (Å²) in [5, 5.41) is 12.4. The van der Waals surface area contributed by atoms with E-state index in [2.05, 4.69) is 57.7 Å². The van der Waals surface area contributed by atoms with Gasteiger partial charge in [0.05, 0.1) is 16.9 Å². The van der Waals surface area contributed by atoms with E-state index in [4.69, 9.17) is 9.15 Å². The van der Waals surface area contributed by atoms with Crippen LogP contribution >= 0.6 is 0 Å². The van der Waals surface area contributed by atoms with Crippen molar-refractivity contribution in [1.29, 1.82) is 0 Å². The molecule has 7 heteroatoms. The topological polar surface area (TPSA) is 85.8 Å². The minimum Gasteiger partial charge on any atom is -0.466 e. The Balaban J connectivity index is 1.56. The average Bonchev–Trinajstić information content (AvgIpc) is 3.05. The number of nitrogens with zero attached hydrogens (tertiary/aromatic N) is 2. The molecule has 7 nitrogen and oxygen atoms in total. The zero-order valence-corrected chi connectivity index (χ0v) is 23.1. The molecule has 1 unspecified atom stereocenters. The van der Waals surface area contributed by atoms with Crippen LogP contribution in [0.25, 0.3) is 11.0 Å². The van der Waals surface area contributed by atoms with Gasteiger partial charge in [-0.2, -0.15) is 0 Å². The number of hydrogen-bond acceptors (Lipinski definition) is 6. The van der Waals surface area contributed by atoms with Gasteiger partial charge in [-0.15, -0.1) is 0 Å². The molecule has 0 bridgehead atoms. The summed E-state index contributed by atoms with van der Waals surface area (Å²) in [6, 6.07) is 19.0. The van der Waals surface area contributed by atoms with Crippen molar-refractivity contribution in [2.24, 2.45) is 0 Å². The zero-order chi connectivity index (χ0) is 27.9. The number of hydrogen-bond donors (Lipinski definition) is 0. The van der Waals surface area contributed by atoms with Crippen molar-refractivity contribution >= 4 is 22.3 Å². The molecule has 0 spiro atoms. The van der Waals surface area contributed by atoms with Gasteiger partial charge in [0, 0.05) is 40.8 Å². The maximum Gasteiger partial charge on any atom is 0.339 e. The molecule has 0 fully saturated rings. The highest BCUT2D eigenvalue weighted by Crippen LogP contribution is 2.57. The molecular weight excluding hydrogens is 492 g/mol. The van der Waals surface area contributed by atoms with Crippen LogP contribution in [0.4, 0.5) is 11.4 Å². The Labute approximate surface area is 227 Å². The van der Waals surface area contributed by atoms with E-state index >= 15 is 0 Å². The fourth-order valence-corrected chi connectivity index (χ4v) is 6.13. The number of benzene rings is 3. The van der Waals surface area contributed by atoms with E-state index in [0.717, 1.165) is 27.8 Å². The Morgan fingerprint density at radius 1 is 1.03 bits per heavy atom. The molecule has 2 aliphatic rings. The quantitative estimate of drug-likeness (QED) is 0.164. The van der Waals surface area contributed by atoms with Crippen LogP contribution in [0.1, 0.15) is 62.4 Å². The lowest BCUT2D eigenvalue weighted by Crippen LogP contribution is -2.63. The lowest BCUT2D eigenvalue weighted by molar-refractivity contribution is -0.385. The number of non-ortho nitro benzene ring substituents is 1. The van der Waals surface area contributed by atoms with Gasteiger partial charge in [0.15, 0.2) is 5.72 Å². The second-order valence-corrected chi connectivity index (χ2v) is 12.4. The largest absolute Gasteiger partial charge is 0.466 e. The third-order valence-electron chi connectivity index (χ3n) is 8.50. The summed E-state index contributed by atoms with van der Waals surface area (Å²) in [5.41, 5.74) is 4.27. The van der Waals surface area contributed by atoms with Gasteiger partial charge in [-0.1, -0.05) is 45.0 Å². The predicted molar refractivity (Wildman–Crippen MR) is 152 cm³/mol. The number of ether oxygens (including phenoxy) is 1. The number of nitro groups is 1. The summed E-state index contributed by atoms with van der Waals surface area (Å²) in [6.07, 6.45) is 0.280. The molecule has 3 aromatic carbocycles. The maximum absolute atomic E-state index is 13.3. The Morgan fingerprint density at radius 2 is 1.79 bits per heavy atom. The van der Waals surface area contributed by atoms with Gasteiger partial charge < -0.3 is 14.1 Å². The van der Waals surface area contributed by atoms with E-state index in [1.165, 1.54) is 11.6 Å². The highest BCUT2D eigenvalue weighted by Gasteiger charge is 2.61. The number of aryl methyl sites for hydroxylation is 1. The van der Waals surface area contributed by atoms with Crippen LogP contribution in [0, 0.1) is 17.0 Å². The molecule has 3 heterocycles. The molecule has 1 aromatic heterocycles. The van der Waals surface area contributed by atoms with E-state index in [9.17, 15) is 14.9 Å². The minimum atomic E-state index is -0.956. The molecule has 0 saturated carbocycles. The first-order valence-corrected chi connectivity index (χ1v) is 13.2. The second kappa shape index (κ2) is 8.18. The van der Waals surface area contributed by atoms with Gasteiger partial charge in [0.2, 0.25) is 0 Å². The van der Waals surface area contributed by atoms with Crippen molar-refractivity contribution < 1.29 is 14.1 Å². The fraction of sp³-hybridized carbons (Fsp3) is 0.344. The maximum atomic E-state index is 13.3. The van der Waals surface area contributed by atoms with Gasteiger partial charge in [0.25, 0.3) is 5.69 Å². The predicted octanol–water partition coefficient (Wildman–Crippen LogP) is 6.94. The number of nitro benzene ring substituents is 1. The molecule has 39 heavy (non-hydrogen) atoms. The fourth-order valence-electron chi connectivity index (χ4n) is 6.13. The third kappa shape index (κ3) is 3.74. The van der Waals surface area contributed by atoms with Crippen molar-refractivity contribution in [3.63, 3.8) is 0 Å². The smallest absolute Gasteiger partial charge is 0.339 e. The molecule has 1 atom stereocenters. The van der Waals surface area contributed by atoms with Gasteiger partial charge >= 0.3 is 5.63 Å². The van der Waals surface area contributed by atoms with Crippen molar-refractivity contribution in [1.82, 2.24) is 0 Å². The first-order chi connectivity index (χ1) is 18.3. The van der Waals surface area contributed by atoms with Crippen LogP contribution in [0.2, 0.25) is 0 Å². The van der Waals surface area contributed by atoms with Crippen molar-refractivity contribution in [3.8, 4) is 5.75 Å². The minimum absolute atomic E-state index is 0.0251. The molecule has 4 aromatic rings. The lowest BCUT2D eigenvalue weighted by Gasteiger charge is -2.50. The molecule has 2 aliphatic heterocycles. The van der Waals surface area contributed by atoms with E-state index in [1.54, 1.807) is 12.1 Å². The zero-order valence-electron chi connectivity index (χ0n) is 23.1. The first kappa shape index (κ1) is 25.2. The van der Waals surface area contributed by atoms with Crippen LogP contribution in [0.5, 0.6) is 5.75 Å². The van der Waals surface area contributed by atoms with E-state index in [0.29, 0.717) is 23.4 Å². The summed E-state index contributed by atoms with van der Waals surface area (Å²) in [5.74, 6) is 0.592. The summed E-state index contributed by atoms with van der Waals surface area (Å²) >= 11 is 0. The van der Waals surface area contributed by atoms with Gasteiger partial charge in [-0.05, 0) is 67.1 Å². The molecule has 6 rings (SSSR count). The molecule has 0 aliphatic carbocycles. The van der Waals surface area contributed by atoms with E-state index in [-0.39, 0.29) is 28.1 Å². The third-order valence-corrected chi connectivity index (χ3v) is 8.50.